The third-order valence-electron chi connectivity index (χ3n) is 2.30. The van der Waals surface area contributed by atoms with Crippen molar-refractivity contribution in [3.05, 3.63) is 28.5 Å². The van der Waals surface area contributed by atoms with Crippen molar-refractivity contribution in [2.45, 2.75) is 13.8 Å². The lowest BCUT2D eigenvalue weighted by atomic mass is 10.3. The molecule has 0 aliphatic heterocycles. The number of nitrogens with zero attached hydrogens (tertiary/aromatic N) is 3. The van der Waals surface area contributed by atoms with Crippen molar-refractivity contribution in [3.8, 4) is 17.8 Å². The van der Waals surface area contributed by atoms with Crippen molar-refractivity contribution in [2.75, 3.05) is 18.5 Å². The Morgan fingerprint density at radius 2 is 1.95 bits per heavy atom. The van der Waals surface area contributed by atoms with Crippen LogP contribution in [0.1, 0.15) is 13.8 Å². The average Bonchev–Trinajstić information content (AvgIpc) is 2.43. The van der Waals surface area contributed by atoms with Gasteiger partial charge in [-0.15, -0.1) is 4.98 Å². The summed E-state index contributed by atoms with van der Waals surface area (Å²) in [6.45, 7) is 4.78. The fraction of sp³-hybridized carbons (Fsp3) is 0.308. The summed E-state index contributed by atoms with van der Waals surface area (Å²) in [6.07, 6.45) is 0. The van der Waals surface area contributed by atoms with E-state index >= 15 is 0 Å². The van der Waals surface area contributed by atoms with Gasteiger partial charge in [0.25, 0.3) is 0 Å². The first-order chi connectivity index (χ1) is 10.1. The Bertz CT molecular complexity index is 603. The van der Waals surface area contributed by atoms with Gasteiger partial charge in [-0.05, 0) is 41.9 Å². The van der Waals surface area contributed by atoms with Gasteiger partial charge in [-0.25, -0.2) is 4.39 Å². The number of rotatable bonds is 6. The number of nitrogens with one attached hydrogen (secondary N) is 1. The van der Waals surface area contributed by atoms with Crippen LogP contribution in [0.3, 0.4) is 0 Å². The molecule has 0 aliphatic rings. The Labute approximate surface area is 129 Å². The van der Waals surface area contributed by atoms with Crippen LogP contribution in [-0.2, 0) is 0 Å². The highest BCUT2D eigenvalue weighted by molar-refractivity contribution is 9.10. The quantitative estimate of drug-likeness (QED) is 0.855. The van der Waals surface area contributed by atoms with Gasteiger partial charge in [0.15, 0.2) is 0 Å². The normalized spacial score (nSPS) is 10.3. The molecule has 0 aliphatic carbocycles. The fourth-order valence-electron chi connectivity index (χ4n) is 1.47. The van der Waals surface area contributed by atoms with Crippen LogP contribution in [0.25, 0.3) is 0 Å². The molecule has 6 nitrogen and oxygen atoms in total. The summed E-state index contributed by atoms with van der Waals surface area (Å²) in [6, 6.07) is 4.27. The Balaban J connectivity index is 2.31. The second kappa shape index (κ2) is 7.16. The topological polar surface area (TPSA) is 69.2 Å². The summed E-state index contributed by atoms with van der Waals surface area (Å²) >= 11 is 3.28. The summed E-state index contributed by atoms with van der Waals surface area (Å²) in [4.78, 5) is 12.2. The van der Waals surface area contributed by atoms with Crippen LogP contribution in [0.5, 0.6) is 17.8 Å². The molecule has 0 radical (unpaired) electrons. The third-order valence-corrected chi connectivity index (χ3v) is 2.95. The zero-order valence-electron chi connectivity index (χ0n) is 11.6. The molecule has 2 aromatic rings. The van der Waals surface area contributed by atoms with E-state index in [1.165, 1.54) is 12.1 Å². The zero-order valence-corrected chi connectivity index (χ0v) is 13.1. The van der Waals surface area contributed by atoms with Crippen molar-refractivity contribution in [1.29, 1.82) is 0 Å². The molecule has 2 rings (SSSR count). The van der Waals surface area contributed by atoms with Gasteiger partial charge in [-0.3, -0.25) is 0 Å². The fourth-order valence-corrected chi connectivity index (χ4v) is 1.80. The summed E-state index contributed by atoms with van der Waals surface area (Å²) in [7, 11) is 0. The number of hydrogen-bond acceptors (Lipinski definition) is 6. The van der Waals surface area contributed by atoms with Crippen LogP contribution < -0.4 is 14.8 Å². The molecule has 0 spiro atoms. The lowest BCUT2D eigenvalue weighted by Crippen LogP contribution is -2.07. The average molecular weight is 357 g/mol. The molecule has 8 heteroatoms. The van der Waals surface area contributed by atoms with E-state index in [-0.39, 0.29) is 17.8 Å². The lowest BCUT2D eigenvalue weighted by Gasteiger charge is -2.09. The molecule has 1 aromatic carbocycles. The molecular formula is C13H14BrFN4O2. The van der Waals surface area contributed by atoms with Gasteiger partial charge in [0.05, 0.1) is 11.1 Å². The first kappa shape index (κ1) is 15.4. The highest BCUT2D eigenvalue weighted by Gasteiger charge is 2.11. The summed E-state index contributed by atoms with van der Waals surface area (Å²) in [5.41, 5.74) is 0. The largest absolute Gasteiger partial charge is 0.464 e. The van der Waals surface area contributed by atoms with Crippen LogP contribution in [0, 0.1) is 5.82 Å². The van der Waals surface area contributed by atoms with E-state index < -0.39 is 5.82 Å². The Morgan fingerprint density at radius 1 is 1.19 bits per heavy atom. The standard InChI is InChI=1S/C13H14BrFN4O2/c1-3-16-11-17-12(20-4-2)19-13(18-11)21-10-7-8(15)5-6-9(10)14/h5-7H,3-4H2,1-2H3,(H,16,17,18,19). The number of benzene rings is 1. The summed E-state index contributed by atoms with van der Waals surface area (Å²) in [5, 5.41) is 2.95. The van der Waals surface area contributed by atoms with Crippen LogP contribution in [0.2, 0.25) is 0 Å². The van der Waals surface area contributed by atoms with Crippen molar-refractivity contribution < 1.29 is 13.9 Å². The molecule has 1 N–H and O–H groups in total. The molecule has 0 bridgehead atoms. The first-order valence-corrected chi connectivity index (χ1v) is 7.17. The van der Waals surface area contributed by atoms with E-state index in [9.17, 15) is 4.39 Å². The predicted molar refractivity (Wildman–Crippen MR) is 79.3 cm³/mol. The molecule has 0 fully saturated rings. The van der Waals surface area contributed by atoms with E-state index in [1.54, 1.807) is 6.07 Å². The molecule has 1 aromatic heterocycles. The van der Waals surface area contributed by atoms with E-state index in [4.69, 9.17) is 9.47 Å². The van der Waals surface area contributed by atoms with Gasteiger partial charge in [0, 0.05) is 12.6 Å². The molecule has 0 saturated heterocycles. The number of ether oxygens (including phenoxy) is 2. The molecule has 21 heavy (non-hydrogen) atoms. The molecule has 0 saturated carbocycles. The minimum atomic E-state index is -0.417. The van der Waals surface area contributed by atoms with Crippen LogP contribution in [0.4, 0.5) is 10.3 Å². The molecule has 112 valence electrons. The van der Waals surface area contributed by atoms with Crippen molar-refractivity contribution in [3.63, 3.8) is 0 Å². The van der Waals surface area contributed by atoms with Crippen molar-refractivity contribution in [1.82, 2.24) is 15.0 Å². The smallest absolute Gasteiger partial charge is 0.330 e. The van der Waals surface area contributed by atoms with E-state index in [0.717, 1.165) is 0 Å². The molecular weight excluding hydrogens is 343 g/mol. The molecule has 0 atom stereocenters. The van der Waals surface area contributed by atoms with Gasteiger partial charge < -0.3 is 14.8 Å². The van der Waals surface area contributed by atoms with E-state index in [2.05, 4.69) is 36.2 Å². The van der Waals surface area contributed by atoms with Gasteiger partial charge in [-0.1, -0.05) is 0 Å². The van der Waals surface area contributed by atoms with E-state index in [1.807, 2.05) is 13.8 Å². The SMILES string of the molecule is CCNc1nc(OCC)nc(Oc2cc(F)ccc2Br)n1. The monoisotopic (exact) mass is 356 g/mol. The molecule has 0 unspecified atom stereocenters. The van der Waals surface area contributed by atoms with Gasteiger partial charge >= 0.3 is 12.0 Å². The predicted octanol–water partition coefficient (Wildman–Crippen LogP) is 3.40. The van der Waals surface area contributed by atoms with Gasteiger partial charge in [-0.2, -0.15) is 9.97 Å². The number of aromatic nitrogens is 3. The Hall–Kier alpha value is -1.96. The van der Waals surface area contributed by atoms with Gasteiger partial charge in [0.1, 0.15) is 11.6 Å². The Kier molecular flexibility index (Phi) is 5.26. The highest BCUT2D eigenvalue weighted by atomic mass is 79.9. The van der Waals surface area contributed by atoms with Gasteiger partial charge in [0.2, 0.25) is 5.95 Å². The third kappa shape index (κ3) is 4.25. The highest BCUT2D eigenvalue weighted by Crippen LogP contribution is 2.29. The zero-order chi connectivity index (χ0) is 15.2. The van der Waals surface area contributed by atoms with E-state index in [0.29, 0.717) is 23.6 Å². The first-order valence-electron chi connectivity index (χ1n) is 6.38. The maximum absolute atomic E-state index is 13.3. The molecule has 1 heterocycles. The van der Waals surface area contributed by atoms with Crippen molar-refractivity contribution >= 4 is 21.9 Å². The number of halogens is 2. The van der Waals surface area contributed by atoms with Crippen LogP contribution >= 0.6 is 15.9 Å². The second-order valence-electron chi connectivity index (χ2n) is 3.86. The minimum Gasteiger partial charge on any atom is -0.464 e. The summed E-state index contributed by atoms with van der Waals surface area (Å²) < 4.78 is 24.6. The maximum Gasteiger partial charge on any atom is 0.330 e. The van der Waals surface area contributed by atoms with Crippen LogP contribution in [0.15, 0.2) is 22.7 Å². The lowest BCUT2D eigenvalue weighted by molar-refractivity contribution is 0.303. The second-order valence-corrected chi connectivity index (χ2v) is 4.72. The molecule has 0 amide bonds. The Morgan fingerprint density at radius 3 is 2.67 bits per heavy atom. The number of hydrogen-bond donors (Lipinski definition) is 1. The number of anilines is 1. The minimum absolute atomic E-state index is 0.0238. The van der Waals surface area contributed by atoms with Crippen molar-refractivity contribution in [2.24, 2.45) is 0 Å². The summed E-state index contributed by atoms with van der Waals surface area (Å²) in [5.74, 6) is 0.184. The van der Waals surface area contributed by atoms with Crippen LogP contribution in [-0.4, -0.2) is 28.1 Å². The maximum atomic E-state index is 13.3.